The predicted molar refractivity (Wildman–Crippen MR) is 94.6 cm³/mol. The molecule has 3 rings (SSSR count). The van der Waals surface area contributed by atoms with Gasteiger partial charge in [-0.2, -0.15) is 5.26 Å². The zero-order valence-electron chi connectivity index (χ0n) is 14.4. The van der Waals surface area contributed by atoms with Crippen LogP contribution in [0.4, 0.5) is 11.8 Å². The lowest BCUT2D eigenvalue weighted by molar-refractivity contribution is 0.101. The SMILES string of the molecule is CC(=O)c1cnc(NC2CCN(c3ncccc3C#N)CC2)nc1C. The molecule has 25 heavy (non-hydrogen) atoms. The highest BCUT2D eigenvalue weighted by atomic mass is 16.1. The van der Waals surface area contributed by atoms with E-state index in [1.807, 2.05) is 6.92 Å². The molecule has 0 unspecified atom stereocenters. The first-order chi connectivity index (χ1) is 12.1. The number of piperidine rings is 1. The summed E-state index contributed by atoms with van der Waals surface area (Å²) >= 11 is 0. The second kappa shape index (κ2) is 7.26. The Morgan fingerprint density at radius 3 is 2.76 bits per heavy atom. The van der Waals surface area contributed by atoms with Crippen molar-refractivity contribution in [2.24, 2.45) is 0 Å². The van der Waals surface area contributed by atoms with Crippen molar-refractivity contribution in [3.63, 3.8) is 0 Å². The van der Waals surface area contributed by atoms with Gasteiger partial charge in [-0.3, -0.25) is 4.79 Å². The van der Waals surface area contributed by atoms with Gasteiger partial charge < -0.3 is 10.2 Å². The summed E-state index contributed by atoms with van der Waals surface area (Å²) in [6, 6.07) is 6.02. The highest BCUT2D eigenvalue weighted by Gasteiger charge is 2.22. The molecule has 0 spiro atoms. The van der Waals surface area contributed by atoms with Gasteiger partial charge in [-0.15, -0.1) is 0 Å². The fourth-order valence-electron chi connectivity index (χ4n) is 3.04. The molecule has 1 fully saturated rings. The fourth-order valence-corrected chi connectivity index (χ4v) is 3.04. The van der Waals surface area contributed by atoms with Gasteiger partial charge in [-0.05, 0) is 38.8 Å². The number of nitrogens with zero attached hydrogens (tertiary/aromatic N) is 5. The number of aryl methyl sites for hydroxylation is 1. The molecular formula is C18H20N6O. The number of hydrogen-bond donors (Lipinski definition) is 1. The minimum atomic E-state index is -0.0268. The van der Waals surface area contributed by atoms with Crippen LogP contribution in [0.5, 0.6) is 0 Å². The summed E-state index contributed by atoms with van der Waals surface area (Å²) < 4.78 is 0. The first-order valence-electron chi connectivity index (χ1n) is 8.29. The summed E-state index contributed by atoms with van der Waals surface area (Å²) in [6.07, 6.45) is 5.10. The number of aromatic nitrogens is 3. The van der Waals surface area contributed by atoms with E-state index >= 15 is 0 Å². The van der Waals surface area contributed by atoms with E-state index in [0.717, 1.165) is 31.7 Å². The van der Waals surface area contributed by atoms with Gasteiger partial charge in [-0.1, -0.05) is 0 Å². The highest BCUT2D eigenvalue weighted by Crippen LogP contribution is 2.22. The van der Waals surface area contributed by atoms with E-state index in [1.165, 1.54) is 6.92 Å². The zero-order chi connectivity index (χ0) is 17.8. The Labute approximate surface area is 146 Å². The van der Waals surface area contributed by atoms with E-state index in [9.17, 15) is 10.1 Å². The molecule has 128 valence electrons. The first kappa shape index (κ1) is 16.8. The lowest BCUT2D eigenvalue weighted by atomic mass is 10.0. The Morgan fingerprint density at radius 2 is 2.12 bits per heavy atom. The molecule has 1 aliphatic heterocycles. The molecule has 0 radical (unpaired) electrons. The summed E-state index contributed by atoms with van der Waals surface area (Å²) in [5.41, 5.74) is 1.85. The van der Waals surface area contributed by atoms with Crippen LogP contribution in [0.1, 0.15) is 41.4 Å². The number of anilines is 2. The molecule has 2 aromatic heterocycles. The lowest BCUT2D eigenvalue weighted by Gasteiger charge is -2.33. The van der Waals surface area contributed by atoms with E-state index < -0.39 is 0 Å². The van der Waals surface area contributed by atoms with Gasteiger partial charge in [0, 0.05) is 31.5 Å². The van der Waals surface area contributed by atoms with E-state index in [2.05, 4.69) is 31.2 Å². The molecule has 0 saturated carbocycles. The second-order valence-corrected chi connectivity index (χ2v) is 6.14. The number of rotatable bonds is 4. The monoisotopic (exact) mass is 336 g/mol. The molecular weight excluding hydrogens is 316 g/mol. The van der Waals surface area contributed by atoms with Gasteiger partial charge in [-0.25, -0.2) is 15.0 Å². The molecule has 1 N–H and O–H groups in total. The normalized spacial score (nSPS) is 14.8. The van der Waals surface area contributed by atoms with Crippen LogP contribution in [0.25, 0.3) is 0 Å². The van der Waals surface area contributed by atoms with E-state index in [0.29, 0.717) is 22.8 Å². The van der Waals surface area contributed by atoms with Crippen LogP contribution in [0.3, 0.4) is 0 Å². The quantitative estimate of drug-likeness (QED) is 0.856. The van der Waals surface area contributed by atoms with Crippen LogP contribution in [-0.4, -0.2) is 39.9 Å². The maximum Gasteiger partial charge on any atom is 0.223 e. The first-order valence-corrected chi connectivity index (χ1v) is 8.29. The van der Waals surface area contributed by atoms with Gasteiger partial charge in [0.25, 0.3) is 0 Å². The topological polar surface area (TPSA) is 94.8 Å². The van der Waals surface area contributed by atoms with Crippen molar-refractivity contribution in [1.29, 1.82) is 5.26 Å². The average molecular weight is 336 g/mol. The summed E-state index contributed by atoms with van der Waals surface area (Å²) in [5, 5.41) is 12.6. The van der Waals surface area contributed by atoms with E-state index in [4.69, 9.17) is 0 Å². The van der Waals surface area contributed by atoms with Crippen molar-refractivity contribution in [2.45, 2.75) is 32.7 Å². The van der Waals surface area contributed by atoms with E-state index in [-0.39, 0.29) is 11.8 Å². The van der Waals surface area contributed by atoms with Crippen LogP contribution in [0, 0.1) is 18.3 Å². The van der Waals surface area contributed by atoms with Crippen LogP contribution < -0.4 is 10.2 Å². The van der Waals surface area contributed by atoms with Crippen molar-refractivity contribution in [2.75, 3.05) is 23.3 Å². The van der Waals surface area contributed by atoms with Crippen molar-refractivity contribution in [1.82, 2.24) is 15.0 Å². The van der Waals surface area contributed by atoms with Gasteiger partial charge >= 0.3 is 0 Å². The smallest absolute Gasteiger partial charge is 0.223 e. The second-order valence-electron chi connectivity index (χ2n) is 6.14. The minimum Gasteiger partial charge on any atom is -0.355 e. The van der Waals surface area contributed by atoms with Gasteiger partial charge in [0.05, 0.1) is 16.8 Å². The molecule has 1 aliphatic rings. The van der Waals surface area contributed by atoms with Crippen molar-refractivity contribution < 1.29 is 4.79 Å². The minimum absolute atomic E-state index is 0.0268. The Balaban J connectivity index is 1.62. The van der Waals surface area contributed by atoms with Gasteiger partial charge in [0.15, 0.2) is 5.78 Å². The number of nitriles is 1. The Kier molecular flexibility index (Phi) is 4.89. The number of ketones is 1. The van der Waals surface area contributed by atoms with Crippen LogP contribution >= 0.6 is 0 Å². The molecule has 0 atom stereocenters. The third kappa shape index (κ3) is 3.74. The maximum absolute atomic E-state index is 11.5. The van der Waals surface area contributed by atoms with E-state index in [1.54, 1.807) is 24.5 Å². The molecule has 3 heterocycles. The number of carbonyl (C=O) groups is 1. The maximum atomic E-state index is 11.5. The lowest BCUT2D eigenvalue weighted by Crippen LogP contribution is -2.40. The average Bonchev–Trinajstić information content (AvgIpc) is 2.62. The fraction of sp³-hybridized carbons (Fsp3) is 0.389. The highest BCUT2D eigenvalue weighted by molar-refractivity contribution is 5.94. The Morgan fingerprint density at radius 1 is 1.36 bits per heavy atom. The Bertz CT molecular complexity index is 821. The molecule has 2 aromatic rings. The van der Waals surface area contributed by atoms with Crippen molar-refractivity contribution in [3.8, 4) is 6.07 Å². The van der Waals surface area contributed by atoms with Crippen LogP contribution in [0.15, 0.2) is 24.5 Å². The van der Waals surface area contributed by atoms with Crippen LogP contribution in [0.2, 0.25) is 0 Å². The zero-order valence-corrected chi connectivity index (χ0v) is 14.4. The van der Waals surface area contributed by atoms with Crippen molar-refractivity contribution in [3.05, 3.63) is 41.3 Å². The number of hydrogen-bond acceptors (Lipinski definition) is 7. The summed E-state index contributed by atoms with van der Waals surface area (Å²) in [5.74, 6) is 1.28. The van der Waals surface area contributed by atoms with Crippen LogP contribution in [-0.2, 0) is 0 Å². The predicted octanol–water partition coefficient (Wildman–Crippen LogP) is 2.34. The third-order valence-electron chi connectivity index (χ3n) is 4.39. The number of Topliss-reactive ketones (excluding diaryl/α,β-unsaturated/α-hetero) is 1. The van der Waals surface area contributed by atoms with Gasteiger partial charge in [0.2, 0.25) is 5.95 Å². The third-order valence-corrected chi connectivity index (χ3v) is 4.39. The molecule has 0 amide bonds. The molecule has 7 nitrogen and oxygen atoms in total. The molecule has 7 heteroatoms. The summed E-state index contributed by atoms with van der Waals surface area (Å²) in [4.78, 5) is 26.6. The molecule has 0 aliphatic carbocycles. The summed E-state index contributed by atoms with van der Waals surface area (Å²) in [7, 11) is 0. The molecule has 0 bridgehead atoms. The van der Waals surface area contributed by atoms with Gasteiger partial charge in [0.1, 0.15) is 11.9 Å². The molecule has 0 aromatic carbocycles. The summed E-state index contributed by atoms with van der Waals surface area (Å²) in [6.45, 7) is 4.96. The van der Waals surface area contributed by atoms with Crippen molar-refractivity contribution >= 4 is 17.5 Å². The largest absolute Gasteiger partial charge is 0.355 e. The molecule has 1 saturated heterocycles. The number of carbonyl (C=O) groups excluding carboxylic acids is 1. The standard InChI is InChI=1S/C18H20N6O/c1-12-16(13(2)25)11-21-18(22-12)23-15-5-8-24(9-6-15)17-14(10-19)4-3-7-20-17/h3-4,7,11,15H,5-6,8-9H2,1-2H3,(H,21,22,23). The number of pyridine rings is 1. The number of nitrogens with one attached hydrogen (secondary N) is 1. The Hall–Kier alpha value is -3.01.